The number of nitrogens with one attached hydrogen (secondary N) is 1. The summed E-state index contributed by atoms with van der Waals surface area (Å²) in [4.78, 5) is 30.7. The third kappa shape index (κ3) is 3.29. The summed E-state index contributed by atoms with van der Waals surface area (Å²) in [5.41, 5.74) is 4.64. The number of rotatable bonds is 3. The summed E-state index contributed by atoms with van der Waals surface area (Å²) >= 11 is 0. The zero-order chi connectivity index (χ0) is 19.8. The zero-order valence-corrected chi connectivity index (χ0v) is 16.2. The van der Waals surface area contributed by atoms with Crippen LogP contribution >= 0.6 is 0 Å². The van der Waals surface area contributed by atoms with E-state index in [1.54, 1.807) is 12.4 Å². The maximum atomic E-state index is 13.1. The number of pyridine rings is 3. The minimum atomic E-state index is -0.126. The van der Waals surface area contributed by atoms with Crippen LogP contribution in [0.4, 0.5) is 16.3 Å². The SMILES string of the molecule is Cc1cc(-c2ccc3c(n2)N(C(=O)NCc2ccccn2)[C@H]2CCN3C2)ccn1. The van der Waals surface area contributed by atoms with Crippen LogP contribution in [0.5, 0.6) is 0 Å². The van der Waals surface area contributed by atoms with Crippen molar-refractivity contribution in [1.29, 1.82) is 0 Å². The summed E-state index contributed by atoms with van der Waals surface area (Å²) < 4.78 is 0. The number of nitrogens with zero attached hydrogens (tertiary/aromatic N) is 5. The third-order valence-electron chi connectivity index (χ3n) is 5.51. The first kappa shape index (κ1) is 17.6. The molecular formula is C22H22N6O. The van der Waals surface area contributed by atoms with Crippen LogP contribution in [0.1, 0.15) is 17.8 Å². The lowest BCUT2D eigenvalue weighted by Gasteiger charge is -2.36. The summed E-state index contributed by atoms with van der Waals surface area (Å²) in [6, 6.07) is 13.8. The number of carbonyl (C=O) groups excluding carboxylic acids is 1. The molecular weight excluding hydrogens is 364 g/mol. The van der Waals surface area contributed by atoms with Gasteiger partial charge >= 0.3 is 6.03 Å². The molecule has 7 nitrogen and oxygen atoms in total. The van der Waals surface area contributed by atoms with Crippen LogP contribution in [0.2, 0.25) is 0 Å². The molecule has 146 valence electrons. The highest BCUT2D eigenvalue weighted by Gasteiger charge is 2.40. The molecule has 5 rings (SSSR count). The predicted molar refractivity (Wildman–Crippen MR) is 112 cm³/mol. The van der Waals surface area contributed by atoms with Crippen molar-refractivity contribution in [2.24, 2.45) is 0 Å². The Morgan fingerprint density at radius 2 is 2.10 bits per heavy atom. The molecule has 1 saturated heterocycles. The molecule has 29 heavy (non-hydrogen) atoms. The quantitative estimate of drug-likeness (QED) is 0.748. The van der Waals surface area contributed by atoms with Crippen LogP contribution in [-0.2, 0) is 6.54 Å². The fourth-order valence-corrected chi connectivity index (χ4v) is 4.09. The number of urea groups is 1. The van der Waals surface area contributed by atoms with Gasteiger partial charge in [-0.05, 0) is 49.7 Å². The van der Waals surface area contributed by atoms with E-state index in [1.807, 2.05) is 48.2 Å². The van der Waals surface area contributed by atoms with Gasteiger partial charge in [0, 0.05) is 36.7 Å². The van der Waals surface area contributed by atoms with Crippen molar-refractivity contribution in [3.63, 3.8) is 0 Å². The number of amides is 2. The number of hydrogen-bond donors (Lipinski definition) is 1. The van der Waals surface area contributed by atoms with Crippen LogP contribution in [0.15, 0.2) is 54.9 Å². The summed E-state index contributed by atoms with van der Waals surface area (Å²) in [6.45, 7) is 4.15. The van der Waals surface area contributed by atoms with Gasteiger partial charge in [-0.3, -0.25) is 14.9 Å². The molecule has 0 radical (unpaired) electrons. The van der Waals surface area contributed by atoms with E-state index < -0.39 is 0 Å². The molecule has 1 fully saturated rings. The minimum Gasteiger partial charge on any atom is -0.366 e. The van der Waals surface area contributed by atoms with Gasteiger partial charge in [0.2, 0.25) is 0 Å². The molecule has 1 atom stereocenters. The first-order valence-electron chi connectivity index (χ1n) is 9.85. The van der Waals surface area contributed by atoms with E-state index in [0.29, 0.717) is 6.54 Å². The van der Waals surface area contributed by atoms with Gasteiger partial charge in [-0.25, -0.2) is 9.78 Å². The smallest absolute Gasteiger partial charge is 0.323 e. The van der Waals surface area contributed by atoms with E-state index in [9.17, 15) is 4.79 Å². The lowest BCUT2D eigenvalue weighted by atomic mass is 10.1. The van der Waals surface area contributed by atoms with Gasteiger partial charge in [0.05, 0.1) is 29.7 Å². The topological polar surface area (TPSA) is 74.2 Å². The summed E-state index contributed by atoms with van der Waals surface area (Å²) in [5, 5.41) is 3.02. The number of aryl methyl sites for hydroxylation is 1. The molecule has 0 unspecified atom stereocenters. The van der Waals surface area contributed by atoms with E-state index in [4.69, 9.17) is 4.98 Å². The van der Waals surface area contributed by atoms with Crippen LogP contribution in [0.25, 0.3) is 11.3 Å². The molecule has 0 aromatic carbocycles. The molecule has 3 aromatic heterocycles. The van der Waals surface area contributed by atoms with E-state index in [1.165, 1.54) is 0 Å². The summed E-state index contributed by atoms with van der Waals surface area (Å²) in [7, 11) is 0. The van der Waals surface area contributed by atoms with Gasteiger partial charge in [0.15, 0.2) is 5.82 Å². The highest BCUT2D eigenvalue weighted by atomic mass is 16.2. The molecule has 0 aliphatic carbocycles. The molecule has 2 aliphatic rings. The second-order valence-electron chi connectivity index (χ2n) is 7.46. The van der Waals surface area contributed by atoms with Crippen LogP contribution in [0.3, 0.4) is 0 Å². The Kier molecular flexibility index (Phi) is 4.35. The van der Waals surface area contributed by atoms with Gasteiger partial charge in [-0.2, -0.15) is 0 Å². The number of hydrogen-bond acceptors (Lipinski definition) is 5. The maximum absolute atomic E-state index is 13.1. The summed E-state index contributed by atoms with van der Waals surface area (Å²) in [6.07, 6.45) is 4.46. The van der Waals surface area contributed by atoms with Crippen molar-refractivity contribution < 1.29 is 4.79 Å². The Balaban J connectivity index is 1.47. The predicted octanol–water partition coefficient (Wildman–Crippen LogP) is 3.16. The standard InChI is InChI=1S/C22H22N6O/c1-15-12-16(7-10-23-15)19-5-6-20-21(26-19)28(18-8-11-27(20)14-18)22(29)25-13-17-4-2-3-9-24-17/h2-7,9-10,12,18H,8,11,13-14H2,1H3,(H,25,29)/t18-/m0/s1. The normalized spacial score (nSPS) is 17.2. The molecule has 7 heteroatoms. The molecule has 0 saturated carbocycles. The molecule has 2 amide bonds. The molecule has 2 aliphatic heterocycles. The minimum absolute atomic E-state index is 0.126. The molecule has 3 aromatic rings. The number of aromatic nitrogens is 3. The monoisotopic (exact) mass is 386 g/mol. The number of fused-ring (bicyclic) bond motifs is 4. The maximum Gasteiger partial charge on any atom is 0.323 e. The molecule has 0 spiro atoms. The highest BCUT2D eigenvalue weighted by Crippen LogP contribution is 2.40. The largest absolute Gasteiger partial charge is 0.366 e. The third-order valence-corrected chi connectivity index (χ3v) is 5.51. The van der Waals surface area contributed by atoms with E-state index in [2.05, 4.69) is 26.3 Å². The highest BCUT2D eigenvalue weighted by molar-refractivity contribution is 5.97. The van der Waals surface area contributed by atoms with Gasteiger partial charge in [0.1, 0.15) is 0 Å². The lowest BCUT2D eigenvalue weighted by molar-refractivity contribution is 0.243. The lowest BCUT2D eigenvalue weighted by Crippen LogP contribution is -2.50. The Labute approximate surface area is 169 Å². The van der Waals surface area contributed by atoms with Gasteiger partial charge in [-0.1, -0.05) is 6.07 Å². The van der Waals surface area contributed by atoms with Crippen molar-refractivity contribution in [3.05, 3.63) is 66.2 Å². The van der Waals surface area contributed by atoms with E-state index in [-0.39, 0.29) is 12.1 Å². The van der Waals surface area contributed by atoms with Crippen LogP contribution in [0, 0.1) is 6.92 Å². The van der Waals surface area contributed by atoms with Gasteiger partial charge < -0.3 is 10.2 Å². The molecule has 2 bridgehead atoms. The zero-order valence-electron chi connectivity index (χ0n) is 16.2. The Morgan fingerprint density at radius 1 is 1.17 bits per heavy atom. The molecule has 1 N–H and O–H groups in total. The second kappa shape index (κ2) is 7.16. The fraction of sp³-hybridized carbons (Fsp3) is 0.273. The van der Waals surface area contributed by atoms with Crippen molar-refractivity contribution >= 4 is 17.5 Å². The first-order valence-corrected chi connectivity index (χ1v) is 9.85. The van der Waals surface area contributed by atoms with Gasteiger partial charge in [-0.15, -0.1) is 0 Å². The second-order valence-corrected chi connectivity index (χ2v) is 7.46. The Morgan fingerprint density at radius 3 is 2.93 bits per heavy atom. The van der Waals surface area contributed by atoms with E-state index in [0.717, 1.165) is 53.7 Å². The molecule has 5 heterocycles. The fourth-order valence-electron chi connectivity index (χ4n) is 4.09. The van der Waals surface area contributed by atoms with Crippen molar-refractivity contribution in [1.82, 2.24) is 20.3 Å². The Bertz CT molecular complexity index is 1050. The first-order chi connectivity index (χ1) is 14.2. The average Bonchev–Trinajstić information content (AvgIpc) is 3.17. The number of carbonyl (C=O) groups is 1. The van der Waals surface area contributed by atoms with E-state index >= 15 is 0 Å². The van der Waals surface area contributed by atoms with Gasteiger partial charge in [0.25, 0.3) is 0 Å². The van der Waals surface area contributed by atoms with Crippen molar-refractivity contribution in [2.45, 2.75) is 25.9 Å². The van der Waals surface area contributed by atoms with Crippen molar-refractivity contribution in [2.75, 3.05) is 22.9 Å². The van der Waals surface area contributed by atoms with Crippen molar-refractivity contribution in [3.8, 4) is 11.3 Å². The van der Waals surface area contributed by atoms with Crippen LogP contribution < -0.4 is 15.1 Å². The average molecular weight is 386 g/mol. The van der Waals surface area contributed by atoms with Crippen LogP contribution in [-0.4, -0.2) is 40.1 Å². The Hall–Kier alpha value is -3.48. The summed E-state index contributed by atoms with van der Waals surface area (Å²) in [5.74, 6) is 0.726. The number of anilines is 2.